The molecule has 2 aromatic carbocycles. The summed E-state index contributed by atoms with van der Waals surface area (Å²) < 4.78 is 16.6. The molecule has 7 rings (SSSR count). The number of carbonyl (C=O) groups is 3. The van der Waals surface area contributed by atoms with Crippen LogP contribution in [-0.4, -0.2) is 63.6 Å². The van der Waals surface area contributed by atoms with Crippen LogP contribution in [0.4, 0.5) is 33.2 Å². The largest absolute Gasteiger partial charge is 0.378 e. The normalized spacial score (nSPS) is 19.9. The molecule has 3 amide bonds. The fourth-order valence-electron chi connectivity index (χ4n) is 6.44. The molecule has 0 bridgehead atoms. The average Bonchev–Trinajstić information content (AvgIpc) is 3.49. The molecule has 4 aromatic rings. The Labute approximate surface area is 268 Å². The number of carbonyl (C=O) groups excluding carboxylic acids is 3. The molecule has 0 spiro atoms. The monoisotopic (exact) mass is 643 g/mol. The zero-order chi connectivity index (χ0) is 32.3. The molecule has 5 heterocycles. The molecule has 2 atom stereocenters. The number of piperidine rings is 2. The van der Waals surface area contributed by atoms with E-state index in [1.54, 1.807) is 17.8 Å². The molecule has 14 heteroatoms. The molecule has 2 fully saturated rings. The van der Waals surface area contributed by atoms with Gasteiger partial charge in [0.25, 0.3) is 0 Å². The van der Waals surface area contributed by atoms with Gasteiger partial charge in [-0.15, -0.1) is 0 Å². The maximum absolute atomic E-state index is 14.8. The van der Waals surface area contributed by atoms with Crippen LogP contribution in [0.25, 0.3) is 10.9 Å². The third-order valence-electron chi connectivity index (χ3n) is 8.84. The topological polar surface area (TPSA) is 137 Å². The molecule has 0 saturated carbocycles. The van der Waals surface area contributed by atoms with Gasteiger partial charge in [0.05, 0.1) is 41.5 Å². The Morgan fingerprint density at radius 2 is 1.93 bits per heavy atom. The number of nitrogens with one attached hydrogen (secondary N) is 3. The summed E-state index contributed by atoms with van der Waals surface area (Å²) in [6, 6.07) is 8.99. The number of aromatic nitrogens is 4. The van der Waals surface area contributed by atoms with E-state index in [4.69, 9.17) is 11.6 Å². The maximum Gasteiger partial charge on any atom is 0.235 e. The Bertz CT molecular complexity index is 1960. The van der Waals surface area contributed by atoms with E-state index in [1.165, 1.54) is 17.2 Å². The summed E-state index contributed by atoms with van der Waals surface area (Å²) in [5, 5.41) is 14.9. The number of hydrogen-bond donors (Lipinski definition) is 3. The number of anilines is 5. The van der Waals surface area contributed by atoms with Crippen molar-refractivity contribution in [2.24, 2.45) is 7.05 Å². The number of halogens is 2. The summed E-state index contributed by atoms with van der Waals surface area (Å²) in [6.07, 6.45) is 3.11. The summed E-state index contributed by atoms with van der Waals surface area (Å²) in [5.41, 5.74) is 4.72. The Morgan fingerprint density at radius 1 is 1.11 bits per heavy atom. The predicted octanol–water partition coefficient (Wildman–Crippen LogP) is 4.19. The number of nitrogens with zero attached hydrogens (tertiary/aromatic N) is 6. The molecule has 2 saturated heterocycles. The molecule has 46 heavy (non-hydrogen) atoms. The minimum atomic E-state index is -0.498. The lowest BCUT2D eigenvalue weighted by atomic mass is 9.92. The van der Waals surface area contributed by atoms with Crippen LogP contribution in [0.2, 0.25) is 5.02 Å². The average molecular weight is 644 g/mol. The SMILES string of the molecule is C=C1CN(c2ncc(Cl)c(Nc3cc(F)c4c(c3)CC(=O)N4C)n2)CC[C@H]1Nc1ccc2c([C@H]3CCC(=O)NC3=O)nn(C)c2c1. The van der Waals surface area contributed by atoms with Crippen LogP contribution in [0.15, 0.2) is 48.7 Å². The van der Waals surface area contributed by atoms with Crippen molar-refractivity contribution in [3.63, 3.8) is 0 Å². The minimum Gasteiger partial charge on any atom is -0.378 e. The van der Waals surface area contributed by atoms with E-state index in [9.17, 15) is 18.8 Å². The van der Waals surface area contributed by atoms with Gasteiger partial charge in [0.15, 0.2) is 5.82 Å². The van der Waals surface area contributed by atoms with Crippen molar-refractivity contribution >= 4 is 69.1 Å². The first-order chi connectivity index (χ1) is 22.0. The van der Waals surface area contributed by atoms with Gasteiger partial charge in [-0.1, -0.05) is 18.2 Å². The number of benzene rings is 2. The molecule has 236 valence electrons. The predicted molar refractivity (Wildman–Crippen MR) is 173 cm³/mol. The van der Waals surface area contributed by atoms with Crippen LogP contribution in [0.1, 0.15) is 36.4 Å². The van der Waals surface area contributed by atoms with Gasteiger partial charge >= 0.3 is 0 Å². The number of likely N-dealkylation sites (N-methyl/N-ethyl adjacent to an activating group) is 1. The van der Waals surface area contributed by atoms with Crippen molar-refractivity contribution in [2.75, 3.05) is 40.6 Å². The zero-order valence-electron chi connectivity index (χ0n) is 25.2. The van der Waals surface area contributed by atoms with Crippen molar-refractivity contribution in [1.29, 1.82) is 0 Å². The quantitative estimate of drug-likeness (QED) is 0.209. The standard InChI is InChI=1S/C32H31ClFN9O3/c1-16-15-43(32-35-14-22(33)30(39-32)37-19-10-17-11-27(45)41(2)29(17)23(34)12-19)9-8-24(16)36-18-4-5-20-25(13-18)42(3)40-28(20)21-6-7-26(44)38-31(21)46/h4-5,10,12-14,21,24,36H,1,6-9,11,15H2,2-3H3,(H,35,37,39)(H,38,44,46)/t21-,24-/m1/s1. The second kappa shape index (κ2) is 11.4. The highest BCUT2D eigenvalue weighted by molar-refractivity contribution is 6.33. The van der Waals surface area contributed by atoms with Crippen LogP contribution >= 0.6 is 11.6 Å². The van der Waals surface area contributed by atoms with E-state index in [0.29, 0.717) is 54.6 Å². The van der Waals surface area contributed by atoms with Gasteiger partial charge in [0.2, 0.25) is 23.7 Å². The molecule has 12 nitrogen and oxygen atoms in total. The molecular formula is C32H31ClFN9O3. The lowest BCUT2D eigenvalue weighted by molar-refractivity contribution is -0.134. The molecule has 0 radical (unpaired) electrons. The third-order valence-corrected chi connectivity index (χ3v) is 9.11. The highest BCUT2D eigenvalue weighted by Gasteiger charge is 2.32. The molecule has 0 aliphatic carbocycles. The van der Waals surface area contributed by atoms with Crippen LogP contribution in [0.3, 0.4) is 0 Å². The highest BCUT2D eigenvalue weighted by Crippen LogP contribution is 2.36. The molecule has 3 aliphatic rings. The minimum absolute atomic E-state index is 0.00309. The first kappa shape index (κ1) is 29.7. The van der Waals surface area contributed by atoms with Crippen molar-refractivity contribution in [1.82, 2.24) is 25.1 Å². The van der Waals surface area contributed by atoms with Gasteiger partial charge in [-0.2, -0.15) is 10.1 Å². The summed E-state index contributed by atoms with van der Waals surface area (Å²) in [4.78, 5) is 48.6. The van der Waals surface area contributed by atoms with E-state index in [0.717, 1.165) is 28.6 Å². The lowest BCUT2D eigenvalue weighted by Gasteiger charge is -2.35. The van der Waals surface area contributed by atoms with Gasteiger partial charge in [0.1, 0.15) is 10.8 Å². The third kappa shape index (κ3) is 5.30. The Balaban J connectivity index is 1.03. The van der Waals surface area contributed by atoms with Crippen molar-refractivity contribution in [3.8, 4) is 0 Å². The van der Waals surface area contributed by atoms with E-state index >= 15 is 0 Å². The van der Waals surface area contributed by atoms with Crippen molar-refractivity contribution < 1.29 is 18.8 Å². The van der Waals surface area contributed by atoms with Crippen LogP contribution in [0, 0.1) is 5.82 Å². The van der Waals surface area contributed by atoms with E-state index in [-0.39, 0.29) is 40.9 Å². The summed E-state index contributed by atoms with van der Waals surface area (Å²) >= 11 is 6.41. The Kier molecular flexibility index (Phi) is 7.35. The van der Waals surface area contributed by atoms with Gasteiger partial charge < -0.3 is 20.4 Å². The van der Waals surface area contributed by atoms with E-state index in [1.807, 2.05) is 30.1 Å². The van der Waals surface area contributed by atoms with Crippen molar-refractivity contribution in [2.45, 2.75) is 37.6 Å². The van der Waals surface area contributed by atoms with Crippen LogP contribution in [-0.2, 0) is 27.9 Å². The molecule has 3 N–H and O–H groups in total. The van der Waals surface area contributed by atoms with Crippen molar-refractivity contribution in [3.05, 3.63) is 70.8 Å². The molecular weight excluding hydrogens is 613 g/mol. The summed E-state index contributed by atoms with van der Waals surface area (Å²) in [7, 11) is 3.40. The van der Waals surface area contributed by atoms with Crippen LogP contribution in [0.5, 0.6) is 0 Å². The zero-order valence-corrected chi connectivity index (χ0v) is 26.0. The van der Waals surface area contributed by atoms with E-state index < -0.39 is 11.7 Å². The number of hydrogen-bond acceptors (Lipinski definition) is 9. The molecule has 0 unspecified atom stereocenters. The number of imide groups is 1. The number of fused-ring (bicyclic) bond motifs is 2. The molecule has 2 aromatic heterocycles. The molecule has 3 aliphatic heterocycles. The first-order valence-electron chi connectivity index (χ1n) is 14.9. The van der Waals surface area contributed by atoms with E-state index in [2.05, 4.69) is 37.6 Å². The Morgan fingerprint density at radius 3 is 2.72 bits per heavy atom. The second-order valence-electron chi connectivity index (χ2n) is 11.9. The first-order valence-corrected chi connectivity index (χ1v) is 15.3. The van der Waals surface area contributed by atoms with Gasteiger partial charge in [-0.3, -0.25) is 24.4 Å². The fourth-order valence-corrected chi connectivity index (χ4v) is 6.57. The van der Waals surface area contributed by atoms with Gasteiger partial charge in [-0.25, -0.2) is 9.37 Å². The van der Waals surface area contributed by atoms with Crippen LogP contribution < -0.4 is 25.8 Å². The number of amides is 3. The van der Waals surface area contributed by atoms with Gasteiger partial charge in [-0.05, 0) is 54.3 Å². The maximum atomic E-state index is 14.8. The second-order valence-corrected chi connectivity index (χ2v) is 12.3. The lowest BCUT2D eigenvalue weighted by Crippen LogP contribution is -2.41. The van der Waals surface area contributed by atoms with Gasteiger partial charge in [0, 0.05) is 50.4 Å². The Hall–Kier alpha value is -5.04. The smallest absolute Gasteiger partial charge is 0.235 e. The summed E-state index contributed by atoms with van der Waals surface area (Å²) in [5.74, 6) is -0.895. The number of rotatable bonds is 6. The highest BCUT2D eigenvalue weighted by atomic mass is 35.5. The summed E-state index contributed by atoms with van der Waals surface area (Å²) in [6.45, 7) is 5.48. The number of aryl methyl sites for hydroxylation is 1. The fraction of sp³-hybridized carbons (Fsp3) is 0.312.